The Morgan fingerprint density at radius 2 is 2.14 bits per heavy atom. The molecule has 6 heteroatoms. The minimum atomic E-state index is -0.138. The Hall–Kier alpha value is -1.59. The lowest BCUT2D eigenvalue weighted by molar-refractivity contribution is -0.116. The van der Waals surface area contributed by atoms with Gasteiger partial charge < -0.3 is 16.0 Å². The zero-order chi connectivity index (χ0) is 15.2. The summed E-state index contributed by atoms with van der Waals surface area (Å²) < 4.78 is 0. The predicted molar refractivity (Wildman–Crippen MR) is 90.7 cm³/mol. The van der Waals surface area contributed by atoms with E-state index >= 15 is 0 Å². The van der Waals surface area contributed by atoms with Gasteiger partial charge in [-0.05, 0) is 56.5 Å². The number of amides is 2. The van der Waals surface area contributed by atoms with Crippen LogP contribution < -0.4 is 16.0 Å². The first-order valence-electron chi connectivity index (χ1n) is 7.44. The van der Waals surface area contributed by atoms with Crippen molar-refractivity contribution in [2.24, 2.45) is 5.92 Å². The third kappa shape index (κ3) is 4.71. The molecule has 0 bridgehead atoms. The van der Waals surface area contributed by atoms with Gasteiger partial charge in [0.2, 0.25) is 5.91 Å². The molecule has 1 aliphatic heterocycles. The average Bonchev–Trinajstić information content (AvgIpc) is 3.00. The molecule has 1 aliphatic rings. The van der Waals surface area contributed by atoms with Crippen molar-refractivity contribution in [2.75, 3.05) is 25.5 Å². The van der Waals surface area contributed by atoms with Crippen LogP contribution >= 0.6 is 12.4 Å². The van der Waals surface area contributed by atoms with Crippen LogP contribution in [0, 0.1) is 12.8 Å². The highest BCUT2D eigenvalue weighted by Crippen LogP contribution is 2.20. The first-order valence-corrected chi connectivity index (χ1v) is 7.44. The summed E-state index contributed by atoms with van der Waals surface area (Å²) in [6.07, 6.45) is 2.58. The zero-order valence-corrected chi connectivity index (χ0v) is 13.9. The summed E-state index contributed by atoms with van der Waals surface area (Å²) >= 11 is 0. The van der Waals surface area contributed by atoms with Gasteiger partial charge in [0.15, 0.2) is 0 Å². The average molecular weight is 326 g/mol. The summed E-state index contributed by atoms with van der Waals surface area (Å²) in [5, 5.41) is 8.83. The Bertz CT molecular complexity index is 528. The standard InChI is InChI=1S/C16H23N3O2.ClH/c1-11-13(16(21)17-2)4-3-5-14(11)19-15(20)7-6-12-8-9-18-10-12;/h3-5,12,18H,6-10H2,1-2H3,(H,17,21)(H,19,20);1H. The molecule has 1 aromatic carbocycles. The Kier molecular flexibility index (Phi) is 7.35. The fourth-order valence-electron chi connectivity index (χ4n) is 2.66. The quantitative estimate of drug-likeness (QED) is 0.776. The van der Waals surface area contributed by atoms with Crippen molar-refractivity contribution in [3.8, 4) is 0 Å². The van der Waals surface area contributed by atoms with Gasteiger partial charge in [0, 0.05) is 24.7 Å². The molecule has 0 saturated carbocycles. The third-order valence-corrected chi connectivity index (χ3v) is 4.02. The van der Waals surface area contributed by atoms with Crippen molar-refractivity contribution in [3.63, 3.8) is 0 Å². The largest absolute Gasteiger partial charge is 0.355 e. The molecule has 2 amide bonds. The zero-order valence-electron chi connectivity index (χ0n) is 13.1. The topological polar surface area (TPSA) is 70.2 Å². The van der Waals surface area contributed by atoms with E-state index in [-0.39, 0.29) is 24.2 Å². The number of anilines is 1. The van der Waals surface area contributed by atoms with Crippen molar-refractivity contribution in [2.45, 2.75) is 26.2 Å². The van der Waals surface area contributed by atoms with Crippen LogP contribution in [0.25, 0.3) is 0 Å². The second-order valence-electron chi connectivity index (χ2n) is 5.50. The maximum absolute atomic E-state index is 12.0. The molecule has 22 heavy (non-hydrogen) atoms. The van der Waals surface area contributed by atoms with Crippen LogP contribution in [0.1, 0.15) is 35.2 Å². The van der Waals surface area contributed by atoms with Crippen molar-refractivity contribution in [1.29, 1.82) is 0 Å². The van der Waals surface area contributed by atoms with Gasteiger partial charge in [0.25, 0.3) is 5.91 Å². The van der Waals surface area contributed by atoms with Gasteiger partial charge in [-0.1, -0.05) is 6.07 Å². The van der Waals surface area contributed by atoms with E-state index in [1.807, 2.05) is 13.0 Å². The van der Waals surface area contributed by atoms with E-state index in [1.54, 1.807) is 19.2 Å². The fraction of sp³-hybridized carbons (Fsp3) is 0.500. The van der Waals surface area contributed by atoms with Gasteiger partial charge >= 0.3 is 0 Å². The van der Waals surface area contributed by atoms with E-state index in [9.17, 15) is 9.59 Å². The number of rotatable bonds is 5. The van der Waals surface area contributed by atoms with E-state index in [0.29, 0.717) is 23.6 Å². The molecule has 0 radical (unpaired) electrons. The molecule has 0 aliphatic carbocycles. The number of carbonyl (C=O) groups excluding carboxylic acids is 2. The molecule has 0 spiro atoms. The van der Waals surface area contributed by atoms with Gasteiger partial charge in [-0.2, -0.15) is 0 Å². The number of halogens is 1. The number of carbonyl (C=O) groups is 2. The molecule has 1 saturated heterocycles. The summed E-state index contributed by atoms with van der Waals surface area (Å²) in [7, 11) is 1.60. The first-order chi connectivity index (χ1) is 10.1. The predicted octanol–water partition coefficient (Wildman–Crippen LogP) is 2.10. The van der Waals surface area contributed by atoms with E-state index in [4.69, 9.17) is 0 Å². The SMILES string of the molecule is CNC(=O)c1cccc(NC(=O)CCC2CCNC2)c1C.Cl. The van der Waals surface area contributed by atoms with Crippen molar-refractivity contribution in [3.05, 3.63) is 29.3 Å². The number of nitrogens with one attached hydrogen (secondary N) is 3. The number of hydrogen-bond donors (Lipinski definition) is 3. The molecular weight excluding hydrogens is 302 g/mol. The van der Waals surface area contributed by atoms with Gasteiger partial charge in [-0.3, -0.25) is 9.59 Å². The molecule has 2 rings (SSSR count). The summed E-state index contributed by atoms with van der Waals surface area (Å²) in [5.74, 6) is 0.480. The van der Waals surface area contributed by atoms with Crippen LogP contribution in [-0.2, 0) is 4.79 Å². The molecule has 1 unspecified atom stereocenters. The van der Waals surface area contributed by atoms with E-state index in [0.717, 1.165) is 31.5 Å². The molecular formula is C16H24ClN3O2. The number of benzene rings is 1. The highest BCUT2D eigenvalue weighted by atomic mass is 35.5. The lowest BCUT2D eigenvalue weighted by Crippen LogP contribution is -2.20. The van der Waals surface area contributed by atoms with Gasteiger partial charge in [0.05, 0.1) is 0 Å². The van der Waals surface area contributed by atoms with Crippen LogP contribution in [0.3, 0.4) is 0 Å². The molecule has 1 heterocycles. The summed E-state index contributed by atoms with van der Waals surface area (Å²) in [5.41, 5.74) is 2.11. The van der Waals surface area contributed by atoms with Crippen LogP contribution in [-0.4, -0.2) is 32.0 Å². The highest BCUT2D eigenvalue weighted by molar-refractivity contribution is 5.99. The van der Waals surface area contributed by atoms with Crippen LogP contribution in [0.2, 0.25) is 0 Å². The van der Waals surface area contributed by atoms with Gasteiger partial charge in [-0.15, -0.1) is 12.4 Å². The minimum absolute atomic E-state index is 0. The second kappa shape index (κ2) is 8.76. The normalized spacial score (nSPS) is 16.7. The van der Waals surface area contributed by atoms with Crippen LogP contribution in [0.15, 0.2) is 18.2 Å². The maximum atomic E-state index is 12.0. The summed E-state index contributed by atoms with van der Waals surface area (Å²) in [6.45, 7) is 3.92. The van der Waals surface area contributed by atoms with Crippen LogP contribution in [0.4, 0.5) is 5.69 Å². The molecule has 1 aromatic rings. The first kappa shape index (κ1) is 18.5. The smallest absolute Gasteiger partial charge is 0.251 e. The Labute approximate surface area is 137 Å². The molecule has 1 fully saturated rings. The summed E-state index contributed by atoms with van der Waals surface area (Å²) in [4.78, 5) is 23.8. The monoisotopic (exact) mass is 325 g/mol. The highest BCUT2D eigenvalue weighted by Gasteiger charge is 2.16. The van der Waals surface area contributed by atoms with Gasteiger partial charge in [0.1, 0.15) is 0 Å². The Morgan fingerprint density at radius 1 is 1.36 bits per heavy atom. The molecule has 0 aromatic heterocycles. The molecule has 3 N–H and O–H groups in total. The van der Waals surface area contributed by atoms with Gasteiger partial charge in [-0.25, -0.2) is 0 Å². The second-order valence-corrected chi connectivity index (χ2v) is 5.50. The van der Waals surface area contributed by atoms with E-state index in [1.165, 1.54) is 0 Å². The summed E-state index contributed by atoms with van der Waals surface area (Å²) in [6, 6.07) is 5.37. The molecule has 122 valence electrons. The molecule has 1 atom stereocenters. The Balaban J connectivity index is 0.00000242. The van der Waals surface area contributed by atoms with Crippen LogP contribution in [0.5, 0.6) is 0 Å². The fourth-order valence-corrected chi connectivity index (χ4v) is 2.66. The minimum Gasteiger partial charge on any atom is -0.355 e. The van der Waals surface area contributed by atoms with E-state index < -0.39 is 0 Å². The third-order valence-electron chi connectivity index (χ3n) is 4.02. The molecule has 5 nitrogen and oxygen atoms in total. The van der Waals surface area contributed by atoms with Crippen molar-refractivity contribution >= 4 is 29.9 Å². The van der Waals surface area contributed by atoms with Crippen molar-refractivity contribution in [1.82, 2.24) is 10.6 Å². The lowest BCUT2D eigenvalue weighted by atomic mass is 10.0. The number of hydrogen-bond acceptors (Lipinski definition) is 3. The van der Waals surface area contributed by atoms with Crippen molar-refractivity contribution < 1.29 is 9.59 Å². The van der Waals surface area contributed by atoms with E-state index in [2.05, 4.69) is 16.0 Å². The Morgan fingerprint density at radius 3 is 2.77 bits per heavy atom. The lowest BCUT2D eigenvalue weighted by Gasteiger charge is -2.12. The maximum Gasteiger partial charge on any atom is 0.251 e.